The molecule has 0 unspecified atom stereocenters. The summed E-state index contributed by atoms with van der Waals surface area (Å²) in [6.45, 7) is 9.79. The van der Waals surface area contributed by atoms with Crippen molar-refractivity contribution in [1.82, 2.24) is 30.0 Å². The molecule has 0 spiro atoms. The van der Waals surface area contributed by atoms with Crippen molar-refractivity contribution in [3.05, 3.63) is 35.7 Å². The predicted molar refractivity (Wildman–Crippen MR) is 171 cm³/mol. The summed E-state index contributed by atoms with van der Waals surface area (Å²) in [5, 5.41) is 14.1. The molecule has 0 bridgehead atoms. The van der Waals surface area contributed by atoms with Gasteiger partial charge in [-0.05, 0) is 57.9 Å². The molecule has 3 aliphatic rings. The van der Waals surface area contributed by atoms with Crippen molar-refractivity contribution in [2.45, 2.75) is 44.7 Å². The van der Waals surface area contributed by atoms with E-state index in [0.717, 1.165) is 87.8 Å². The molecule has 3 saturated heterocycles. The lowest BCUT2D eigenvalue weighted by atomic mass is 10.0. The maximum atomic E-state index is 12.6. The molecule has 3 aromatic rings. The smallest absolute Gasteiger partial charge is 0.271 e. The number of aromatic nitrogens is 4. The quantitative estimate of drug-likeness (QED) is 0.286. The Morgan fingerprint density at radius 3 is 2.43 bits per heavy atom. The summed E-state index contributed by atoms with van der Waals surface area (Å²) in [4.78, 5) is 29.6. The molecule has 1 aromatic carbocycles. The Hall–Kier alpha value is -3.94. The van der Waals surface area contributed by atoms with Crippen LogP contribution in [0.25, 0.3) is 11.4 Å². The van der Waals surface area contributed by atoms with Crippen LogP contribution in [-0.4, -0.2) is 115 Å². The van der Waals surface area contributed by atoms with Crippen molar-refractivity contribution in [2.75, 3.05) is 82.2 Å². The SMILES string of the molecule is COc1cc(Nc2nc(NC3CCOCC3)c(-c3cc(C)[nH]n3)nc2C(N)=O)ccc1N1CCC(N2CCN(C)CC2)CC1. The third-order valence-corrected chi connectivity index (χ3v) is 8.94. The molecule has 5 heterocycles. The molecule has 5 N–H and O–H groups in total. The number of nitrogens with two attached hydrogens (primary N) is 1. The van der Waals surface area contributed by atoms with Crippen molar-refractivity contribution in [3.8, 4) is 17.1 Å². The van der Waals surface area contributed by atoms with Gasteiger partial charge in [0.25, 0.3) is 5.91 Å². The number of hydrogen-bond acceptors (Lipinski definition) is 11. The number of aromatic amines is 1. The second kappa shape index (κ2) is 13.4. The topological polar surface area (TPSA) is 150 Å². The van der Waals surface area contributed by atoms with Gasteiger partial charge >= 0.3 is 0 Å². The van der Waals surface area contributed by atoms with Crippen molar-refractivity contribution in [3.63, 3.8) is 0 Å². The second-order valence-corrected chi connectivity index (χ2v) is 12.0. The van der Waals surface area contributed by atoms with Gasteiger partial charge < -0.3 is 35.6 Å². The number of piperazine rings is 1. The molecule has 13 nitrogen and oxygen atoms in total. The van der Waals surface area contributed by atoms with E-state index in [2.05, 4.69) is 53.6 Å². The van der Waals surface area contributed by atoms with E-state index in [-0.39, 0.29) is 17.6 Å². The van der Waals surface area contributed by atoms with Crippen molar-refractivity contribution >= 4 is 28.9 Å². The Morgan fingerprint density at radius 1 is 1.02 bits per heavy atom. The fourth-order valence-electron chi connectivity index (χ4n) is 6.36. The van der Waals surface area contributed by atoms with Gasteiger partial charge in [-0.2, -0.15) is 5.10 Å². The maximum absolute atomic E-state index is 12.6. The molecule has 236 valence electrons. The molecule has 3 fully saturated rings. The molecule has 6 rings (SSSR count). The number of primary amides is 1. The van der Waals surface area contributed by atoms with Gasteiger partial charge in [0.05, 0.1) is 12.8 Å². The number of hydrogen-bond donors (Lipinski definition) is 4. The highest BCUT2D eigenvalue weighted by molar-refractivity contribution is 5.97. The third-order valence-electron chi connectivity index (χ3n) is 8.94. The van der Waals surface area contributed by atoms with Crippen LogP contribution in [0.15, 0.2) is 24.3 Å². The first-order chi connectivity index (χ1) is 21.4. The Balaban J connectivity index is 1.23. The number of carbonyl (C=O) groups is 1. The molecule has 0 radical (unpaired) electrons. The molecule has 1 amide bonds. The number of carbonyl (C=O) groups excluding carboxylic acids is 1. The van der Waals surface area contributed by atoms with Gasteiger partial charge in [-0.3, -0.25) is 14.8 Å². The molecule has 13 heteroatoms. The molecular weight excluding hydrogens is 560 g/mol. The monoisotopic (exact) mass is 604 g/mol. The first-order valence-electron chi connectivity index (χ1n) is 15.6. The van der Waals surface area contributed by atoms with E-state index in [9.17, 15) is 4.79 Å². The van der Waals surface area contributed by atoms with Crippen LogP contribution in [0.1, 0.15) is 41.9 Å². The Bertz CT molecular complexity index is 1440. The summed E-state index contributed by atoms with van der Waals surface area (Å²) in [5.41, 5.74) is 9.55. The Morgan fingerprint density at radius 2 is 1.77 bits per heavy atom. The minimum Gasteiger partial charge on any atom is -0.495 e. The number of anilines is 4. The highest BCUT2D eigenvalue weighted by atomic mass is 16.5. The summed E-state index contributed by atoms with van der Waals surface area (Å²) in [5.74, 6) is 0.873. The summed E-state index contributed by atoms with van der Waals surface area (Å²) in [6, 6.07) is 8.64. The zero-order valence-corrected chi connectivity index (χ0v) is 25.9. The van der Waals surface area contributed by atoms with Crippen LogP contribution < -0.4 is 26.0 Å². The molecule has 44 heavy (non-hydrogen) atoms. The van der Waals surface area contributed by atoms with Crippen molar-refractivity contribution in [2.24, 2.45) is 5.73 Å². The number of piperidine rings is 1. The molecule has 0 atom stereocenters. The van der Waals surface area contributed by atoms with Gasteiger partial charge in [0, 0.05) is 82.0 Å². The molecule has 0 saturated carbocycles. The number of nitrogens with zero attached hydrogens (tertiary/aromatic N) is 6. The zero-order valence-electron chi connectivity index (χ0n) is 25.9. The van der Waals surface area contributed by atoms with Gasteiger partial charge in [0.2, 0.25) is 0 Å². The number of rotatable bonds is 9. The highest BCUT2D eigenvalue weighted by Crippen LogP contribution is 2.36. The molecular formula is C31H44N10O3. The molecule has 0 aliphatic carbocycles. The first-order valence-corrected chi connectivity index (χ1v) is 15.6. The minimum atomic E-state index is -0.682. The van der Waals surface area contributed by atoms with E-state index < -0.39 is 5.91 Å². The van der Waals surface area contributed by atoms with E-state index in [0.29, 0.717) is 36.5 Å². The minimum absolute atomic E-state index is 0.0344. The van der Waals surface area contributed by atoms with Gasteiger partial charge in [-0.25, -0.2) is 9.97 Å². The summed E-state index contributed by atoms with van der Waals surface area (Å²) in [6.07, 6.45) is 3.95. The number of methoxy groups -OCH3 is 1. The standard InChI is InChI=1S/C31H44N10O3/c1-20-18-24(38-37-20)27-30(33-21-8-16-44-17-9-21)36-31(28(35-27)29(32)42)34-22-4-5-25(26(19-22)43-3)41-10-6-23(7-11-41)40-14-12-39(2)13-15-40/h4-5,18-19,21,23H,6-17H2,1-3H3,(H2,32,42)(H,37,38)(H2,33,34,36). The predicted octanol–water partition coefficient (Wildman–Crippen LogP) is 2.83. The summed E-state index contributed by atoms with van der Waals surface area (Å²) in [7, 11) is 3.89. The van der Waals surface area contributed by atoms with Crippen LogP contribution in [-0.2, 0) is 4.74 Å². The van der Waals surface area contributed by atoms with E-state index in [1.807, 2.05) is 25.1 Å². The number of aryl methyl sites for hydroxylation is 1. The maximum Gasteiger partial charge on any atom is 0.271 e. The number of nitrogens with one attached hydrogen (secondary N) is 3. The van der Waals surface area contributed by atoms with Gasteiger partial charge in [0.1, 0.15) is 17.1 Å². The van der Waals surface area contributed by atoms with Gasteiger partial charge in [-0.15, -0.1) is 0 Å². The van der Waals surface area contributed by atoms with Crippen LogP contribution in [0.4, 0.5) is 23.0 Å². The number of H-pyrrole nitrogens is 1. The van der Waals surface area contributed by atoms with Crippen LogP contribution in [0, 0.1) is 6.92 Å². The largest absolute Gasteiger partial charge is 0.495 e. The molecule has 3 aliphatic heterocycles. The normalized spacial score (nSPS) is 19.2. The van der Waals surface area contributed by atoms with Gasteiger partial charge in [0.15, 0.2) is 17.3 Å². The third kappa shape index (κ3) is 6.74. The molecule has 2 aromatic heterocycles. The average Bonchev–Trinajstić information content (AvgIpc) is 3.48. The summed E-state index contributed by atoms with van der Waals surface area (Å²) < 4.78 is 11.4. The van der Waals surface area contributed by atoms with Crippen LogP contribution in [0.5, 0.6) is 5.75 Å². The van der Waals surface area contributed by atoms with Crippen LogP contribution >= 0.6 is 0 Å². The number of ether oxygens (including phenoxy) is 2. The number of amides is 1. The lowest BCUT2D eigenvalue weighted by molar-refractivity contribution is 0.0904. The lowest BCUT2D eigenvalue weighted by Gasteiger charge is -2.42. The van der Waals surface area contributed by atoms with Crippen LogP contribution in [0.3, 0.4) is 0 Å². The van der Waals surface area contributed by atoms with E-state index >= 15 is 0 Å². The van der Waals surface area contributed by atoms with Crippen molar-refractivity contribution in [1.29, 1.82) is 0 Å². The Kier molecular flexibility index (Phi) is 9.14. The second-order valence-electron chi connectivity index (χ2n) is 12.0. The Labute approximate surface area is 258 Å². The van der Waals surface area contributed by atoms with Crippen LogP contribution in [0.2, 0.25) is 0 Å². The fraction of sp³-hybridized carbons (Fsp3) is 0.548. The average molecular weight is 605 g/mol. The van der Waals surface area contributed by atoms with E-state index in [1.165, 1.54) is 0 Å². The van der Waals surface area contributed by atoms with Gasteiger partial charge in [-0.1, -0.05) is 0 Å². The highest BCUT2D eigenvalue weighted by Gasteiger charge is 2.28. The fourth-order valence-corrected chi connectivity index (χ4v) is 6.36. The number of benzene rings is 1. The number of likely N-dealkylation sites (N-methyl/N-ethyl adjacent to an activating group) is 1. The summed E-state index contributed by atoms with van der Waals surface area (Å²) >= 11 is 0. The lowest BCUT2D eigenvalue weighted by Crippen LogP contribution is -2.52. The van der Waals surface area contributed by atoms with E-state index in [4.69, 9.17) is 20.2 Å². The van der Waals surface area contributed by atoms with Crippen molar-refractivity contribution < 1.29 is 14.3 Å². The van der Waals surface area contributed by atoms with E-state index in [1.54, 1.807) is 7.11 Å². The first kappa shape index (κ1) is 30.1. The zero-order chi connectivity index (χ0) is 30.6.